The van der Waals surface area contributed by atoms with Crippen LogP contribution in [0.1, 0.15) is 50.4 Å². The Bertz CT molecular complexity index is 624. The molecule has 0 aromatic carbocycles. The number of aromatic nitrogens is 2. The third kappa shape index (κ3) is 2.86. The molecule has 1 atom stereocenters. The Kier molecular flexibility index (Phi) is 4.06. The van der Waals surface area contributed by atoms with Crippen LogP contribution in [0.15, 0.2) is 9.95 Å². The van der Waals surface area contributed by atoms with Gasteiger partial charge in [-0.2, -0.15) is 0 Å². The van der Waals surface area contributed by atoms with Crippen LogP contribution in [-0.2, 0) is 17.6 Å². The van der Waals surface area contributed by atoms with Crippen LogP contribution in [0.5, 0.6) is 0 Å². The molecule has 2 aliphatic rings. The molecule has 1 N–H and O–H groups in total. The summed E-state index contributed by atoms with van der Waals surface area (Å²) in [6.07, 6.45) is 4.29. The number of hydrogen-bond acceptors (Lipinski definition) is 4. The van der Waals surface area contributed by atoms with Gasteiger partial charge in [-0.3, -0.25) is 14.2 Å². The van der Waals surface area contributed by atoms with Gasteiger partial charge in [-0.1, -0.05) is 11.8 Å². The van der Waals surface area contributed by atoms with Crippen LogP contribution in [0.3, 0.4) is 0 Å². The predicted octanol–water partition coefficient (Wildman–Crippen LogP) is 1.68. The molecule has 0 saturated heterocycles. The summed E-state index contributed by atoms with van der Waals surface area (Å²) >= 11 is 1.60. The van der Waals surface area contributed by atoms with E-state index in [9.17, 15) is 9.59 Å². The molecule has 1 aromatic rings. The summed E-state index contributed by atoms with van der Waals surface area (Å²) in [6.45, 7) is 3.89. The fourth-order valence-corrected chi connectivity index (χ4v) is 4.21. The number of thioether (sulfide) groups is 1. The summed E-state index contributed by atoms with van der Waals surface area (Å²) in [5.74, 6) is 0.768. The van der Waals surface area contributed by atoms with Crippen LogP contribution in [-0.4, -0.2) is 27.3 Å². The summed E-state index contributed by atoms with van der Waals surface area (Å²) in [4.78, 5) is 29.3. The Balaban J connectivity index is 1.88. The Labute approximate surface area is 128 Å². The quantitative estimate of drug-likeness (QED) is 0.863. The van der Waals surface area contributed by atoms with Gasteiger partial charge in [0.2, 0.25) is 5.91 Å². The summed E-state index contributed by atoms with van der Waals surface area (Å²) in [5, 5.41) is 3.69. The summed E-state index contributed by atoms with van der Waals surface area (Å²) in [7, 11) is 0. The van der Waals surface area contributed by atoms with Crippen molar-refractivity contribution in [2.24, 2.45) is 0 Å². The fraction of sp³-hybridized carbons (Fsp3) is 0.667. The molecular formula is C15H21N3O2S. The first kappa shape index (κ1) is 14.6. The lowest BCUT2D eigenvalue weighted by molar-refractivity contribution is -0.122. The second-order valence-electron chi connectivity index (χ2n) is 6.09. The van der Waals surface area contributed by atoms with E-state index in [4.69, 9.17) is 0 Å². The van der Waals surface area contributed by atoms with E-state index in [1.165, 1.54) is 0 Å². The van der Waals surface area contributed by atoms with E-state index in [2.05, 4.69) is 10.3 Å². The highest BCUT2D eigenvalue weighted by Crippen LogP contribution is 2.33. The zero-order chi connectivity index (χ0) is 15.0. The first-order valence-electron chi connectivity index (χ1n) is 7.62. The van der Waals surface area contributed by atoms with Crippen LogP contribution in [0, 0.1) is 0 Å². The van der Waals surface area contributed by atoms with Crippen LogP contribution in [0.25, 0.3) is 0 Å². The van der Waals surface area contributed by atoms with Crippen molar-refractivity contribution >= 4 is 17.7 Å². The minimum atomic E-state index is -0.0593. The van der Waals surface area contributed by atoms with Gasteiger partial charge >= 0.3 is 0 Å². The average molecular weight is 307 g/mol. The fourth-order valence-electron chi connectivity index (χ4n) is 3.06. The van der Waals surface area contributed by atoms with E-state index < -0.39 is 0 Å². The highest BCUT2D eigenvalue weighted by Gasteiger charge is 2.30. The lowest BCUT2D eigenvalue weighted by Gasteiger charge is -2.19. The van der Waals surface area contributed by atoms with E-state index in [1.807, 2.05) is 13.8 Å². The molecule has 0 radical (unpaired) electrons. The average Bonchev–Trinajstić information content (AvgIpc) is 2.81. The van der Waals surface area contributed by atoms with Gasteiger partial charge in [-0.05, 0) is 39.5 Å². The maximum atomic E-state index is 12.7. The Morgan fingerprint density at radius 3 is 2.95 bits per heavy atom. The van der Waals surface area contributed by atoms with Crippen molar-refractivity contribution in [3.05, 3.63) is 21.6 Å². The molecule has 5 nitrogen and oxygen atoms in total. The lowest BCUT2D eigenvalue weighted by atomic mass is 9.97. The van der Waals surface area contributed by atoms with Gasteiger partial charge in [0.25, 0.3) is 5.56 Å². The van der Waals surface area contributed by atoms with Crippen LogP contribution in [0.4, 0.5) is 0 Å². The van der Waals surface area contributed by atoms with Gasteiger partial charge in [0.15, 0.2) is 5.16 Å². The number of amides is 1. The standard InChI is InChI=1S/C15H21N3O2S/c1-9(2)16-13(19)7-10-8-21-15-17-12-6-4-3-5-11(12)14(20)18(10)15/h9-10H,3-8H2,1-2H3,(H,16,19). The summed E-state index contributed by atoms with van der Waals surface area (Å²) in [5.41, 5.74) is 1.95. The van der Waals surface area contributed by atoms with Crippen LogP contribution < -0.4 is 10.9 Å². The summed E-state index contributed by atoms with van der Waals surface area (Å²) < 4.78 is 1.76. The topological polar surface area (TPSA) is 64.0 Å². The number of aryl methyl sites for hydroxylation is 1. The second-order valence-corrected chi connectivity index (χ2v) is 7.08. The molecule has 6 heteroatoms. The largest absolute Gasteiger partial charge is 0.354 e. The summed E-state index contributed by atoms with van der Waals surface area (Å²) in [6, 6.07) is 0.0698. The van der Waals surface area contributed by atoms with E-state index >= 15 is 0 Å². The molecule has 0 bridgehead atoms. The number of fused-ring (bicyclic) bond motifs is 2. The molecule has 21 heavy (non-hydrogen) atoms. The smallest absolute Gasteiger partial charge is 0.257 e. The number of rotatable bonds is 3. The predicted molar refractivity (Wildman–Crippen MR) is 82.8 cm³/mol. The lowest BCUT2D eigenvalue weighted by Crippen LogP contribution is -2.35. The zero-order valence-electron chi connectivity index (χ0n) is 12.5. The number of carbonyl (C=O) groups is 1. The number of carbonyl (C=O) groups excluding carboxylic acids is 1. The Morgan fingerprint density at radius 2 is 2.19 bits per heavy atom. The van der Waals surface area contributed by atoms with E-state index in [0.29, 0.717) is 6.42 Å². The van der Waals surface area contributed by atoms with Gasteiger partial charge in [0.1, 0.15) is 0 Å². The monoisotopic (exact) mass is 307 g/mol. The van der Waals surface area contributed by atoms with E-state index in [-0.39, 0.29) is 23.6 Å². The van der Waals surface area contributed by atoms with Crippen molar-refractivity contribution < 1.29 is 4.79 Å². The molecule has 1 aromatic heterocycles. The minimum Gasteiger partial charge on any atom is -0.354 e. The van der Waals surface area contributed by atoms with Gasteiger partial charge in [-0.15, -0.1) is 0 Å². The highest BCUT2D eigenvalue weighted by molar-refractivity contribution is 7.99. The first-order valence-corrected chi connectivity index (χ1v) is 8.61. The molecule has 1 aliphatic heterocycles. The van der Waals surface area contributed by atoms with Gasteiger partial charge in [0.05, 0.1) is 11.7 Å². The van der Waals surface area contributed by atoms with Gasteiger partial charge < -0.3 is 5.32 Å². The van der Waals surface area contributed by atoms with Crippen molar-refractivity contribution in [1.82, 2.24) is 14.9 Å². The third-order valence-corrected chi connectivity index (χ3v) is 5.09. The normalized spacial score (nSPS) is 20.2. The van der Waals surface area contributed by atoms with Gasteiger partial charge in [0, 0.05) is 23.8 Å². The number of hydrogen-bond donors (Lipinski definition) is 1. The number of nitrogens with zero attached hydrogens (tertiary/aromatic N) is 2. The second kappa shape index (κ2) is 5.83. The molecular weight excluding hydrogens is 286 g/mol. The van der Waals surface area contributed by atoms with Crippen LogP contribution >= 0.6 is 11.8 Å². The van der Waals surface area contributed by atoms with Crippen molar-refractivity contribution in [2.45, 2.75) is 63.2 Å². The van der Waals surface area contributed by atoms with E-state index in [0.717, 1.165) is 47.8 Å². The Hall–Kier alpha value is -1.30. The molecule has 2 heterocycles. The molecule has 114 valence electrons. The van der Waals surface area contributed by atoms with Crippen molar-refractivity contribution in [3.8, 4) is 0 Å². The van der Waals surface area contributed by atoms with Crippen LogP contribution in [0.2, 0.25) is 0 Å². The Morgan fingerprint density at radius 1 is 1.43 bits per heavy atom. The molecule has 0 saturated carbocycles. The van der Waals surface area contributed by atoms with Crippen molar-refractivity contribution in [3.63, 3.8) is 0 Å². The van der Waals surface area contributed by atoms with E-state index in [1.54, 1.807) is 16.3 Å². The zero-order valence-corrected chi connectivity index (χ0v) is 13.3. The van der Waals surface area contributed by atoms with Crippen molar-refractivity contribution in [1.29, 1.82) is 0 Å². The molecule has 0 spiro atoms. The molecule has 1 aliphatic carbocycles. The maximum Gasteiger partial charge on any atom is 0.257 e. The molecule has 1 unspecified atom stereocenters. The highest BCUT2D eigenvalue weighted by atomic mass is 32.2. The first-order chi connectivity index (χ1) is 10.1. The maximum absolute atomic E-state index is 12.7. The third-order valence-electron chi connectivity index (χ3n) is 3.99. The molecule has 0 fully saturated rings. The number of nitrogens with one attached hydrogen (secondary N) is 1. The minimum absolute atomic E-state index is 0.00747. The SMILES string of the molecule is CC(C)NC(=O)CC1CSc2nc3c(c(=O)n21)CCCC3. The van der Waals surface area contributed by atoms with Gasteiger partial charge in [-0.25, -0.2) is 4.98 Å². The van der Waals surface area contributed by atoms with Crippen molar-refractivity contribution in [2.75, 3.05) is 5.75 Å². The molecule has 1 amide bonds. The molecule has 3 rings (SSSR count).